The Morgan fingerprint density at radius 3 is 2.81 bits per heavy atom. The zero-order chi connectivity index (χ0) is 18.7. The first-order valence-corrected chi connectivity index (χ1v) is 8.89. The van der Waals surface area contributed by atoms with Crippen LogP contribution in [-0.2, 0) is 9.59 Å². The van der Waals surface area contributed by atoms with Gasteiger partial charge >= 0.3 is 0 Å². The number of nitrogens with zero attached hydrogens (tertiary/aromatic N) is 3. The van der Waals surface area contributed by atoms with Gasteiger partial charge in [0.1, 0.15) is 0 Å². The number of amides is 2. The summed E-state index contributed by atoms with van der Waals surface area (Å²) in [7, 11) is 1.75. The van der Waals surface area contributed by atoms with Gasteiger partial charge < -0.3 is 10.2 Å². The lowest BCUT2D eigenvalue weighted by Crippen LogP contribution is -2.43. The van der Waals surface area contributed by atoms with Gasteiger partial charge in [-0.15, -0.1) is 0 Å². The van der Waals surface area contributed by atoms with Crippen LogP contribution >= 0.6 is 23.2 Å². The smallest absolute Gasteiger partial charge is 0.244 e. The van der Waals surface area contributed by atoms with Gasteiger partial charge in [-0.3, -0.25) is 14.5 Å². The van der Waals surface area contributed by atoms with Gasteiger partial charge in [0.15, 0.2) is 5.15 Å². The lowest BCUT2D eigenvalue weighted by molar-refractivity contribution is -0.123. The summed E-state index contributed by atoms with van der Waals surface area (Å²) in [6, 6.07) is 10.2. The quantitative estimate of drug-likeness (QED) is 0.794. The van der Waals surface area contributed by atoms with Gasteiger partial charge in [-0.2, -0.15) is 0 Å². The molecule has 2 amide bonds. The number of pyridine rings is 1. The molecule has 1 aromatic carbocycles. The topological polar surface area (TPSA) is 65.5 Å². The maximum atomic E-state index is 12.8. The molecule has 1 saturated heterocycles. The summed E-state index contributed by atoms with van der Waals surface area (Å²) in [6.45, 7) is 0.631. The maximum Gasteiger partial charge on any atom is 0.244 e. The van der Waals surface area contributed by atoms with Crippen LogP contribution in [0.25, 0.3) is 0 Å². The van der Waals surface area contributed by atoms with E-state index in [0.717, 1.165) is 0 Å². The van der Waals surface area contributed by atoms with Gasteiger partial charge in [0.2, 0.25) is 11.8 Å². The van der Waals surface area contributed by atoms with Gasteiger partial charge in [0, 0.05) is 12.7 Å². The fourth-order valence-electron chi connectivity index (χ4n) is 2.99. The molecule has 26 heavy (non-hydrogen) atoms. The Morgan fingerprint density at radius 2 is 2.08 bits per heavy atom. The number of carbonyl (C=O) groups excluding carboxylic acids is 2. The van der Waals surface area contributed by atoms with Gasteiger partial charge in [-0.1, -0.05) is 35.3 Å². The van der Waals surface area contributed by atoms with Crippen molar-refractivity contribution in [3.05, 3.63) is 52.8 Å². The van der Waals surface area contributed by atoms with Crippen LogP contribution in [0.4, 0.5) is 11.4 Å². The van der Waals surface area contributed by atoms with E-state index < -0.39 is 0 Å². The molecule has 1 aromatic heterocycles. The average Bonchev–Trinajstić information content (AvgIpc) is 2.99. The lowest BCUT2D eigenvalue weighted by Gasteiger charge is -2.23. The number of benzene rings is 1. The Kier molecular flexibility index (Phi) is 5.76. The molecule has 6 nitrogen and oxygen atoms in total. The molecule has 1 atom stereocenters. The number of halogens is 2. The number of hydrogen-bond acceptors (Lipinski definition) is 4. The summed E-state index contributed by atoms with van der Waals surface area (Å²) in [6.07, 6.45) is 2.17. The molecule has 0 saturated carbocycles. The number of likely N-dealkylation sites (N-methyl/N-ethyl adjacent to an activating group) is 1. The Bertz CT molecular complexity index is 830. The second-order valence-electron chi connectivity index (χ2n) is 6.05. The Morgan fingerprint density at radius 1 is 1.31 bits per heavy atom. The van der Waals surface area contributed by atoms with E-state index >= 15 is 0 Å². The minimum Gasteiger partial charge on any atom is -0.322 e. The standard InChI is InChI=1S/C18H18Cl2N4O2/c1-23(11-16(25)22-13-6-4-9-21-17(13)20)15-8-10-24(18(15)26)14-7-3-2-5-12(14)19/h2-7,9,15H,8,10-11H2,1H3,(H,22,25). The molecule has 1 aliphatic rings. The summed E-state index contributed by atoms with van der Waals surface area (Å²) >= 11 is 12.1. The van der Waals surface area contributed by atoms with E-state index in [1.165, 1.54) is 0 Å². The number of aromatic nitrogens is 1. The summed E-state index contributed by atoms with van der Waals surface area (Å²) in [5.41, 5.74) is 1.14. The van der Waals surface area contributed by atoms with Crippen molar-refractivity contribution in [3.63, 3.8) is 0 Å². The SMILES string of the molecule is CN(CC(=O)Nc1cccnc1Cl)C1CCN(c2ccccc2Cl)C1=O. The van der Waals surface area contributed by atoms with E-state index in [1.54, 1.807) is 41.2 Å². The monoisotopic (exact) mass is 392 g/mol. The summed E-state index contributed by atoms with van der Waals surface area (Å²) in [4.78, 5) is 32.3. The number of carbonyl (C=O) groups is 2. The third kappa shape index (κ3) is 3.98. The van der Waals surface area contributed by atoms with Crippen LogP contribution in [0.3, 0.4) is 0 Å². The molecular formula is C18H18Cl2N4O2. The van der Waals surface area contributed by atoms with Gasteiger partial charge in [-0.25, -0.2) is 4.98 Å². The van der Waals surface area contributed by atoms with E-state index in [1.807, 2.05) is 18.2 Å². The van der Waals surface area contributed by atoms with Crippen molar-refractivity contribution in [1.82, 2.24) is 9.88 Å². The molecule has 3 rings (SSSR count). The highest BCUT2D eigenvalue weighted by Crippen LogP contribution is 2.30. The van der Waals surface area contributed by atoms with Crippen molar-refractivity contribution in [3.8, 4) is 0 Å². The molecule has 1 N–H and O–H groups in total. The number of nitrogens with one attached hydrogen (secondary N) is 1. The zero-order valence-corrected chi connectivity index (χ0v) is 15.7. The van der Waals surface area contributed by atoms with E-state index in [-0.39, 0.29) is 29.6 Å². The number of rotatable bonds is 5. The van der Waals surface area contributed by atoms with Crippen molar-refractivity contribution in [2.75, 3.05) is 30.4 Å². The zero-order valence-electron chi connectivity index (χ0n) is 14.2. The highest BCUT2D eigenvalue weighted by Gasteiger charge is 2.36. The number of anilines is 2. The molecule has 1 unspecified atom stereocenters. The van der Waals surface area contributed by atoms with Crippen molar-refractivity contribution < 1.29 is 9.59 Å². The van der Waals surface area contributed by atoms with Crippen LogP contribution in [-0.4, -0.2) is 47.9 Å². The third-order valence-electron chi connectivity index (χ3n) is 4.28. The van der Waals surface area contributed by atoms with Crippen molar-refractivity contribution >= 4 is 46.4 Å². The second-order valence-corrected chi connectivity index (χ2v) is 6.82. The first-order chi connectivity index (χ1) is 12.5. The molecule has 0 radical (unpaired) electrons. The molecule has 0 aliphatic carbocycles. The fraction of sp³-hybridized carbons (Fsp3) is 0.278. The van der Waals surface area contributed by atoms with Gasteiger partial charge in [0.05, 0.1) is 29.0 Å². The molecule has 136 valence electrons. The fourth-order valence-corrected chi connectivity index (χ4v) is 3.39. The van der Waals surface area contributed by atoms with Crippen LogP contribution in [0.5, 0.6) is 0 Å². The Balaban J connectivity index is 1.63. The summed E-state index contributed by atoms with van der Waals surface area (Å²) in [5, 5.41) is 3.47. The minimum absolute atomic E-state index is 0.0622. The van der Waals surface area contributed by atoms with Crippen LogP contribution in [0.15, 0.2) is 42.6 Å². The molecule has 2 heterocycles. The Hall–Kier alpha value is -2.15. The van der Waals surface area contributed by atoms with Crippen molar-refractivity contribution in [2.24, 2.45) is 0 Å². The first kappa shape index (κ1) is 18.6. The average molecular weight is 393 g/mol. The second kappa shape index (κ2) is 8.03. The normalized spacial score (nSPS) is 17.0. The summed E-state index contributed by atoms with van der Waals surface area (Å²) in [5.74, 6) is -0.320. The molecule has 2 aromatic rings. The van der Waals surface area contributed by atoms with E-state index in [2.05, 4.69) is 10.3 Å². The number of para-hydroxylation sites is 1. The molecule has 0 spiro atoms. The van der Waals surface area contributed by atoms with Crippen LogP contribution in [0.1, 0.15) is 6.42 Å². The largest absolute Gasteiger partial charge is 0.322 e. The van der Waals surface area contributed by atoms with E-state index in [0.29, 0.717) is 29.4 Å². The Labute approximate surface area is 161 Å². The third-order valence-corrected chi connectivity index (χ3v) is 4.90. The van der Waals surface area contributed by atoms with Crippen molar-refractivity contribution in [1.29, 1.82) is 0 Å². The molecular weight excluding hydrogens is 375 g/mol. The summed E-state index contributed by atoms with van der Waals surface area (Å²) < 4.78 is 0. The van der Waals surface area contributed by atoms with E-state index in [4.69, 9.17) is 23.2 Å². The predicted octanol–water partition coefficient (Wildman–Crippen LogP) is 3.06. The van der Waals surface area contributed by atoms with E-state index in [9.17, 15) is 9.59 Å². The lowest BCUT2D eigenvalue weighted by atomic mass is 10.2. The first-order valence-electron chi connectivity index (χ1n) is 8.14. The predicted molar refractivity (Wildman–Crippen MR) is 103 cm³/mol. The van der Waals surface area contributed by atoms with Crippen LogP contribution in [0.2, 0.25) is 10.2 Å². The van der Waals surface area contributed by atoms with Gasteiger partial charge in [-0.05, 0) is 37.7 Å². The number of hydrogen-bond donors (Lipinski definition) is 1. The van der Waals surface area contributed by atoms with Crippen LogP contribution in [0, 0.1) is 0 Å². The molecule has 8 heteroatoms. The van der Waals surface area contributed by atoms with Gasteiger partial charge in [0.25, 0.3) is 0 Å². The highest BCUT2D eigenvalue weighted by atomic mass is 35.5. The highest BCUT2D eigenvalue weighted by molar-refractivity contribution is 6.34. The molecule has 0 bridgehead atoms. The maximum absolute atomic E-state index is 12.8. The molecule has 1 fully saturated rings. The van der Waals surface area contributed by atoms with Crippen LogP contribution < -0.4 is 10.2 Å². The minimum atomic E-state index is -0.374. The van der Waals surface area contributed by atoms with Crippen molar-refractivity contribution in [2.45, 2.75) is 12.5 Å². The molecule has 1 aliphatic heterocycles.